The summed E-state index contributed by atoms with van der Waals surface area (Å²) >= 11 is 0. The lowest BCUT2D eigenvalue weighted by Gasteiger charge is -2.17. The predicted octanol–water partition coefficient (Wildman–Crippen LogP) is 0.124. The number of nitrogens with two attached hydrogens (primary N) is 1. The van der Waals surface area contributed by atoms with Gasteiger partial charge in [-0.15, -0.1) is 0 Å². The summed E-state index contributed by atoms with van der Waals surface area (Å²) in [6.45, 7) is 1.82. The fraction of sp³-hybridized carbons (Fsp3) is 0.350. The van der Waals surface area contributed by atoms with Crippen molar-refractivity contribution < 1.29 is 19.4 Å². The minimum absolute atomic E-state index is 0.207. The van der Waals surface area contributed by atoms with E-state index in [2.05, 4.69) is 16.8 Å². The largest absolute Gasteiger partial charge is 0.373 e. The molecule has 0 unspecified atom stereocenters. The third-order valence-corrected chi connectivity index (χ3v) is 5.05. The van der Waals surface area contributed by atoms with E-state index >= 15 is 0 Å². The van der Waals surface area contributed by atoms with Crippen LogP contribution in [-0.4, -0.2) is 57.2 Å². The Kier molecular flexibility index (Phi) is 4.41. The van der Waals surface area contributed by atoms with E-state index in [1.807, 2.05) is 18.2 Å². The molecule has 0 bridgehead atoms. The van der Waals surface area contributed by atoms with E-state index in [9.17, 15) is 14.7 Å². The summed E-state index contributed by atoms with van der Waals surface area (Å²) < 4.78 is 7.30. The van der Waals surface area contributed by atoms with E-state index in [1.165, 1.54) is 4.90 Å². The number of hydrogen-bond donors (Lipinski definition) is 2. The molecule has 2 aliphatic rings. The molecule has 4 rings (SSSR count). The van der Waals surface area contributed by atoms with Gasteiger partial charge < -0.3 is 25.0 Å². The van der Waals surface area contributed by atoms with Crippen molar-refractivity contribution >= 4 is 11.8 Å². The van der Waals surface area contributed by atoms with Crippen LogP contribution in [0.4, 0.5) is 0 Å². The molecule has 2 aromatic rings. The summed E-state index contributed by atoms with van der Waals surface area (Å²) in [5.74, 6) is 4.84. The maximum absolute atomic E-state index is 12.1. The number of nitrogens with zero attached hydrogens (tertiary/aromatic N) is 3. The zero-order chi connectivity index (χ0) is 19.9. The Morgan fingerprint density at radius 1 is 1.39 bits per heavy atom. The summed E-state index contributed by atoms with van der Waals surface area (Å²) in [5.41, 5.74) is 6.62. The zero-order valence-electron chi connectivity index (χ0n) is 15.4. The lowest BCUT2D eigenvalue weighted by Crippen LogP contribution is -2.37. The van der Waals surface area contributed by atoms with E-state index in [-0.39, 0.29) is 18.2 Å². The van der Waals surface area contributed by atoms with Gasteiger partial charge in [-0.3, -0.25) is 9.59 Å². The number of rotatable bonds is 2. The molecule has 0 aliphatic carbocycles. The van der Waals surface area contributed by atoms with Gasteiger partial charge in [-0.2, -0.15) is 0 Å². The monoisotopic (exact) mass is 380 g/mol. The van der Waals surface area contributed by atoms with Gasteiger partial charge in [0.1, 0.15) is 0 Å². The van der Waals surface area contributed by atoms with E-state index in [1.54, 1.807) is 17.7 Å². The molecular weight excluding hydrogens is 360 g/mol. The molecule has 8 heteroatoms. The predicted molar refractivity (Wildman–Crippen MR) is 99.9 cm³/mol. The molecule has 28 heavy (non-hydrogen) atoms. The molecule has 0 radical (unpaired) electrons. The van der Waals surface area contributed by atoms with Gasteiger partial charge in [-0.1, -0.05) is 24.0 Å². The molecule has 0 spiro atoms. The van der Waals surface area contributed by atoms with Gasteiger partial charge >= 0.3 is 0 Å². The Hall–Kier alpha value is -3.15. The second-order valence-corrected chi connectivity index (χ2v) is 6.97. The van der Waals surface area contributed by atoms with Gasteiger partial charge in [-0.05, 0) is 12.1 Å². The minimum atomic E-state index is -1.65. The number of aromatic nitrogens is 2. The Labute approximate surface area is 161 Å². The van der Waals surface area contributed by atoms with Crippen LogP contribution < -0.4 is 5.73 Å². The van der Waals surface area contributed by atoms with E-state index in [0.29, 0.717) is 37.6 Å². The van der Waals surface area contributed by atoms with Crippen molar-refractivity contribution in [1.82, 2.24) is 14.5 Å². The first kappa shape index (κ1) is 18.2. The third-order valence-electron chi connectivity index (χ3n) is 5.05. The van der Waals surface area contributed by atoms with Crippen LogP contribution >= 0.6 is 0 Å². The SMILES string of the molecule is CN1CC[C@@](O)(C#Cc2cccc(-c3nc(C(N)=O)n4c3COCC4)c2)C1=O. The van der Waals surface area contributed by atoms with Crippen LogP contribution in [0.2, 0.25) is 0 Å². The Morgan fingerprint density at radius 2 is 2.21 bits per heavy atom. The van der Waals surface area contributed by atoms with Crippen molar-refractivity contribution in [3.05, 3.63) is 41.3 Å². The summed E-state index contributed by atoms with van der Waals surface area (Å²) in [6, 6.07) is 7.27. The molecular formula is C20H20N4O4. The maximum atomic E-state index is 12.1. The lowest BCUT2D eigenvalue weighted by molar-refractivity contribution is -0.137. The molecule has 1 aromatic heterocycles. The number of primary amides is 1. The van der Waals surface area contributed by atoms with Crippen molar-refractivity contribution in [2.75, 3.05) is 20.2 Å². The van der Waals surface area contributed by atoms with E-state index in [4.69, 9.17) is 10.5 Å². The van der Waals surface area contributed by atoms with Crippen LogP contribution in [0.1, 0.15) is 28.3 Å². The Morgan fingerprint density at radius 3 is 2.93 bits per heavy atom. The number of likely N-dealkylation sites (tertiary alicyclic amines) is 1. The van der Waals surface area contributed by atoms with Gasteiger partial charge in [-0.25, -0.2) is 4.98 Å². The first-order valence-electron chi connectivity index (χ1n) is 8.97. The lowest BCUT2D eigenvalue weighted by atomic mass is 10.0. The number of likely N-dealkylation sites (N-methyl/N-ethyl adjacent to an activating group) is 1. The normalized spacial score (nSPS) is 21.2. The fourth-order valence-corrected chi connectivity index (χ4v) is 3.51. The molecule has 3 N–H and O–H groups in total. The number of carbonyl (C=O) groups is 2. The third kappa shape index (κ3) is 3.05. The second-order valence-electron chi connectivity index (χ2n) is 6.97. The Bertz CT molecular complexity index is 1030. The van der Waals surface area contributed by atoms with Crippen molar-refractivity contribution in [2.45, 2.75) is 25.2 Å². The molecule has 144 valence electrons. The summed E-state index contributed by atoms with van der Waals surface area (Å²) in [6.07, 6.45) is 0.281. The summed E-state index contributed by atoms with van der Waals surface area (Å²) in [5, 5.41) is 10.5. The molecule has 2 aliphatic heterocycles. The number of carbonyl (C=O) groups excluding carboxylic acids is 2. The molecule has 8 nitrogen and oxygen atoms in total. The number of imidazole rings is 1. The van der Waals surface area contributed by atoms with Crippen LogP contribution in [0, 0.1) is 11.8 Å². The first-order valence-corrected chi connectivity index (χ1v) is 8.97. The smallest absolute Gasteiger partial charge is 0.284 e. The standard InChI is InChI=1S/C20H20N4O4/c1-23-8-7-20(27,19(23)26)6-5-13-3-2-4-14(11-13)16-15-12-28-10-9-24(15)18(22-16)17(21)25/h2-4,11,27H,7-10,12H2,1H3,(H2,21,25)/t20-/m0/s1. The highest BCUT2D eigenvalue weighted by molar-refractivity contribution is 5.91. The number of ether oxygens (including phenoxy) is 1. The van der Waals surface area contributed by atoms with E-state index in [0.717, 1.165) is 11.3 Å². The van der Waals surface area contributed by atoms with Crippen LogP contribution in [0.5, 0.6) is 0 Å². The number of hydrogen-bond acceptors (Lipinski definition) is 5. The summed E-state index contributed by atoms with van der Waals surface area (Å²) in [4.78, 5) is 29.7. The van der Waals surface area contributed by atoms with Crippen molar-refractivity contribution in [3.8, 4) is 23.1 Å². The number of fused-ring (bicyclic) bond motifs is 1. The van der Waals surface area contributed by atoms with Crippen LogP contribution in [0.25, 0.3) is 11.3 Å². The molecule has 1 fully saturated rings. The molecule has 1 atom stereocenters. The Balaban J connectivity index is 1.71. The fourth-order valence-electron chi connectivity index (χ4n) is 3.51. The highest BCUT2D eigenvalue weighted by atomic mass is 16.5. The second kappa shape index (κ2) is 6.78. The van der Waals surface area contributed by atoms with Crippen molar-refractivity contribution in [1.29, 1.82) is 0 Å². The summed E-state index contributed by atoms with van der Waals surface area (Å²) in [7, 11) is 1.64. The van der Waals surface area contributed by atoms with Gasteiger partial charge in [0.05, 0.1) is 24.6 Å². The van der Waals surface area contributed by atoms with Gasteiger partial charge in [0.25, 0.3) is 11.8 Å². The highest BCUT2D eigenvalue weighted by Gasteiger charge is 2.42. The van der Waals surface area contributed by atoms with Gasteiger partial charge in [0.15, 0.2) is 5.82 Å². The highest BCUT2D eigenvalue weighted by Crippen LogP contribution is 2.28. The van der Waals surface area contributed by atoms with Crippen LogP contribution in [0.15, 0.2) is 24.3 Å². The first-order chi connectivity index (χ1) is 13.4. The maximum Gasteiger partial charge on any atom is 0.284 e. The van der Waals surface area contributed by atoms with Gasteiger partial charge in [0.2, 0.25) is 5.60 Å². The molecule has 3 heterocycles. The molecule has 1 saturated heterocycles. The average Bonchev–Trinajstić information content (AvgIpc) is 3.21. The average molecular weight is 380 g/mol. The zero-order valence-corrected chi connectivity index (χ0v) is 15.4. The number of benzene rings is 1. The quantitative estimate of drug-likeness (QED) is 0.719. The number of aliphatic hydroxyl groups is 1. The van der Waals surface area contributed by atoms with Crippen LogP contribution in [-0.2, 0) is 22.7 Å². The van der Waals surface area contributed by atoms with Crippen molar-refractivity contribution in [3.63, 3.8) is 0 Å². The van der Waals surface area contributed by atoms with Gasteiger partial charge in [0, 0.05) is 37.7 Å². The molecule has 2 amide bonds. The minimum Gasteiger partial charge on any atom is -0.373 e. The number of amides is 2. The molecule has 1 aromatic carbocycles. The topological polar surface area (TPSA) is 111 Å². The molecule has 0 saturated carbocycles. The van der Waals surface area contributed by atoms with E-state index < -0.39 is 11.5 Å². The van der Waals surface area contributed by atoms with Crippen molar-refractivity contribution in [2.24, 2.45) is 5.73 Å². The van der Waals surface area contributed by atoms with Crippen LogP contribution in [0.3, 0.4) is 0 Å².